The fraction of sp³-hybridized carbons (Fsp3) is 0.550. The number of nitrogens with zero attached hydrogens (tertiary/aromatic N) is 1. The highest BCUT2D eigenvalue weighted by molar-refractivity contribution is 6.06. The highest BCUT2D eigenvalue weighted by Gasteiger charge is 2.62. The van der Waals surface area contributed by atoms with E-state index in [9.17, 15) is 14.9 Å². The highest BCUT2D eigenvalue weighted by atomic mass is 16.5. The Balaban J connectivity index is 1.68. The van der Waals surface area contributed by atoms with E-state index in [4.69, 9.17) is 4.74 Å². The topological polar surface area (TPSA) is 79.2 Å². The number of para-hydroxylation sites is 1. The summed E-state index contributed by atoms with van der Waals surface area (Å²) >= 11 is 0. The van der Waals surface area contributed by atoms with Gasteiger partial charge in [0, 0.05) is 23.4 Å². The molecule has 3 atom stereocenters. The van der Waals surface area contributed by atoms with Crippen molar-refractivity contribution in [3.8, 4) is 11.8 Å². The number of unbranched alkanes of at least 4 members (excludes halogenated alkanes) is 2. The van der Waals surface area contributed by atoms with Crippen LogP contribution in [0.4, 0.5) is 0 Å². The zero-order chi connectivity index (χ0) is 17.9. The first-order valence-electron chi connectivity index (χ1n) is 9.07. The lowest BCUT2D eigenvalue weighted by atomic mass is 9.84. The molecule has 1 aromatic rings. The van der Waals surface area contributed by atoms with Gasteiger partial charge in [0.15, 0.2) is 11.7 Å². The Morgan fingerprint density at radius 2 is 2.20 bits per heavy atom. The van der Waals surface area contributed by atoms with Crippen LogP contribution in [0.1, 0.15) is 44.6 Å². The molecular formula is C20H24N2O3. The van der Waals surface area contributed by atoms with E-state index in [1.165, 1.54) is 0 Å². The van der Waals surface area contributed by atoms with Gasteiger partial charge < -0.3 is 10.1 Å². The Morgan fingerprint density at radius 1 is 1.40 bits per heavy atom. The molecule has 5 heteroatoms. The summed E-state index contributed by atoms with van der Waals surface area (Å²) in [6, 6.07) is 9.68. The largest absolute Gasteiger partial charge is 0.493 e. The highest BCUT2D eigenvalue weighted by Crippen LogP contribution is 2.61. The van der Waals surface area contributed by atoms with Crippen molar-refractivity contribution in [1.29, 1.82) is 5.26 Å². The van der Waals surface area contributed by atoms with Crippen LogP contribution in [0.2, 0.25) is 0 Å². The molecule has 1 heterocycles. The van der Waals surface area contributed by atoms with Crippen LogP contribution >= 0.6 is 0 Å². The van der Waals surface area contributed by atoms with Crippen molar-refractivity contribution in [1.82, 2.24) is 5.32 Å². The summed E-state index contributed by atoms with van der Waals surface area (Å²) in [7, 11) is 0. The number of ketones is 1. The molecule has 1 saturated carbocycles. The van der Waals surface area contributed by atoms with Gasteiger partial charge in [0.25, 0.3) is 0 Å². The number of hydrogen-bond donors (Lipinski definition) is 1. The number of Topliss-reactive ketones (excluding diaryl/α,β-unsaturated/α-hetero) is 1. The van der Waals surface area contributed by atoms with Gasteiger partial charge in [-0.1, -0.05) is 38.0 Å². The number of nitriles is 1. The quantitative estimate of drug-likeness (QED) is 0.611. The van der Waals surface area contributed by atoms with Gasteiger partial charge in [-0.25, -0.2) is 0 Å². The van der Waals surface area contributed by atoms with E-state index in [1.54, 1.807) is 0 Å². The van der Waals surface area contributed by atoms with Crippen molar-refractivity contribution in [2.45, 2.75) is 44.4 Å². The molecule has 132 valence electrons. The van der Waals surface area contributed by atoms with E-state index >= 15 is 0 Å². The van der Waals surface area contributed by atoms with Gasteiger partial charge in [-0.2, -0.15) is 5.26 Å². The number of amides is 1. The van der Waals surface area contributed by atoms with Gasteiger partial charge in [-0.3, -0.25) is 9.59 Å². The van der Waals surface area contributed by atoms with Gasteiger partial charge in [-0.15, -0.1) is 0 Å². The van der Waals surface area contributed by atoms with Crippen molar-refractivity contribution in [2.24, 2.45) is 11.8 Å². The van der Waals surface area contributed by atoms with Crippen LogP contribution in [0.25, 0.3) is 0 Å². The van der Waals surface area contributed by atoms with E-state index < -0.39 is 11.8 Å². The normalized spacial score (nSPS) is 24.6. The lowest BCUT2D eigenvalue weighted by molar-refractivity contribution is -0.132. The van der Waals surface area contributed by atoms with Crippen molar-refractivity contribution in [2.75, 3.05) is 13.2 Å². The van der Waals surface area contributed by atoms with Crippen LogP contribution in [0.15, 0.2) is 24.3 Å². The summed E-state index contributed by atoms with van der Waals surface area (Å²) in [6.07, 6.45) is 4.41. The zero-order valence-corrected chi connectivity index (χ0v) is 14.6. The van der Waals surface area contributed by atoms with E-state index in [1.807, 2.05) is 30.3 Å². The summed E-state index contributed by atoms with van der Waals surface area (Å²) in [4.78, 5) is 25.1. The first kappa shape index (κ1) is 17.5. The average Bonchev–Trinajstić information content (AvgIpc) is 3.34. The van der Waals surface area contributed by atoms with Crippen molar-refractivity contribution < 1.29 is 14.3 Å². The Morgan fingerprint density at radius 3 is 2.96 bits per heavy atom. The monoisotopic (exact) mass is 340 g/mol. The average molecular weight is 340 g/mol. The first-order chi connectivity index (χ1) is 12.1. The van der Waals surface area contributed by atoms with E-state index in [0.29, 0.717) is 19.6 Å². The second-order valence-electron chi connectivity index (χ2n) is 6.97. The number of fused-ring (bicyclic) bond motifs is 2. The van der Waals surface area contributed by atoms with Crippen molar-refractivity contribution in [3.05, 3.63) is 29.8 Å². The molecule has 1 aliphatic heterocycles. The summed E-state index contributed by atoms with van der Waals surface area (Å²) in [5.74, 6) is -1.34. The SMILES string of the molecule is CCCCCNC(=O)[C@H](C#N)C(=O)[C@@H]1C[C@@]12CCOc1ccccc12. The number of hydrogen-bond acceptors (Lipinski definition) is 4. The Kier molecular flexibility index (Phi) is 5.08. The van der Waals surface area contributed by atoms with Crippen LogP contribution in [-0.4, -0.2) is 24.8 Å². The molecule has 1 fully saturated rings. The molecule has 3 rings (SSSR count). The van der Waals surface area contributed by atoms with E-state index in [0.717, 1.165) is 37.0 Å². The predicted octanol–water partition coefficient (Wildman–Crippen LogP) is 2.74. The third-order valence-electron chi connectivity index (χ3n) is 5.40. The lowest BCUT2D eigenvalue weighted by Gasteiger charge is -2.27. The van der Waals surface area contributed by atoms with Gasteiger partial charge in [-0.05, 0) is 25.3 Å². The molecule has 0 saturated heterocycles. The number of rotatable bonds is 7. The van der Waals surface area contributed by atoms with Crippen molar-refractivity contribution >= 4 is 11.7 Å². The second kappa shape index (κ2) is 7.26. The van der Waals surface area contributed by atoms with Crippen LogP contribution in [0, 0.1) is 23.2 Å². The maximum atomic E-state index is 12.8. The Bertz CT molecular complexity index is 709. The van der Waals surface area contributed by atoms with E-state index in [2.05, 4.69) is 12.2 Å². The second-order valence-corrected chi connectivity index (χ2v) is 6.97. The molecule has 0 unspecified atom stereocenters. The maximum Gasteiger partial charge on any atom is 0.245 e. The zero-order valence-electron chi connectivity index (χ0n) is 14.6. The molecule has 1 aromatic carbocycles. The number of ether oxygens (including phenoxy) is 1. The minimum absolute atomic E-state index is 0.243. The van der Waals surface area contributed by atoms with Crippen molar-refractivity contribution in [3.63, 3.8) is 0 Å². The molecule has 2 aliphatic rings. The number of benzene rings is 1. The number of carbonyl (C=O) groups excluding carboxylic acids is 2. The Labute approximate surface area is 148 Å². The lowest BCUT2D eigenvalue weighted by Crippen LogP contribution is -2.37. The minimum Gasteiger partial charge on any atom is -0.493 e. The fourth-order valence-electron chi connectivity index (χ4n) is 3.88. The summed E-state index contributed by atoms with van der Waals surface area (Å²) in [5, 5.41) is 12.1. The van der Waals surface area contributed by atoms with E-state index in [-0.39, 0.29) is 17.1 Å². The number of nitrogens with one attached hydrogen (secondary N) is 1. The predicted molar refractivity (Wildman–Crippen MR) is 93.0 cm³/mol. The summed E-state index contributed by atoms with van der Waals surface area (Å²) in [6.45, 7) is 3.17. The molecule has 5 nitrogen and oxygen atoms in total. The summed E-state index contributed by atoms with van der Waals surface area (Å²) < 4.78 is 5.68. The van der Waals surface area contributed by atoms with Gasteiger partial charge >= 0.3 is 0 Å². The Hall–Kier alpha value is -2.35. The molecule has 1 aliphatic carbocycles. The molecule has 1 N–H and O–H groups in total. The molecule has 0 radical (unpaired) electrons. The third-order valence-corrected chi connectivity index (χ3v) is 5.40. The molecule has 25 heavy (non-hydrogen) atoms. The fourth-order valence-corrected chi connectivity index (χ4v) is 3.88. The van der Waals surface area contributed by atoms with Gasteiger partial charge in [0.1, 0.15) is 5.75 Å². The van der Waals surface area contributed by atoms with Gasteiger partial charge in [0.2, 0.25) is 5.91 Å². The molecule has 0 bridgehead atoms. The van der Waals surface area contributed by atoms with Crippen LogP contribution in [-0.2, 0) is 15.0 Å². The van der Waals surface area contributed by atoms with Gasteiger partial charge in [0.05, 0.1) is 12.7 Å². The molecule has 1 amide bonds. The maximum absolute atomic E-state index is 12.8. The molecule has 0 aromatic heterocycles. The van der Waals surface area contributed by atoms with Crippen LogP contribution < -0.4 is 10.1 Å². The van der Waals surface area contributed by atoms with Crippen LogP contribution in [0.3, 0.4) is 0 Å². The smallest absolute Gasteiger partial charge is 0.245 e. The standard InChI is InChI=1S/C20H24N2O3/c1-2-3-6-10-22-19(24)14(13-21)18(23)16-12-20(16)9-11-25-17-8-5-4-7-15(17)20/h4-5,7-8,14,16H,2-3,6,9-12H2,1H3,(H,22,24)/t14-,16+,20-/m1/s1. The molecular weight excluding hydrogens is 316 g/mol. The number of carbonyl (C=O) groups is 2. The minimum atomic E-state index is -1.21. The summed E-state index contributed by atoms with van der Waals surface area (Å²) in [5.41, 5.74) is 0.795. The third kappa shape index (κ3) is 3.26. The first-order valence-corrected chi connectivity index (χ1v) is 9.07. The molecule has 1 spiro atoms. The van der Waals surface area contributed by atoms with Crippen LogP contribution in [0.5, 0.6) is 5.75 Å².